The third-order valence-corrected chi connectivity index (χ3v) is 5.28. The summed E-state index contributed by atoms with van der Waals surface area (Å²) in [6.45, 7) is 6.30. The van der Waals surface area contributed by atoms with Gasteiger partial charge in [-0.25, -0.2) is 0 Å². The number of piperazine rings is 1. The topological polar surface area (TPSA) is 15.3 Å². The van der Waals surface area contributed by atoms with Crippen LogP contribution >= 0.6 is 0 Å². The quantitative estimate of drug-likeness (QED) is 0.810. The van der Waals surface area contributed by atoms with Crippen molar-refractivity contribution in [1.82, 2.24) is 10.2 Å². The Morgan fingerprint density at radius 3 is 2.59 bits per heavy atom. The summed E-state index contributed by atoms with van der Waals surface area (Å²) < 4.78 is 0. The molecule has 3 rings (SSSR count). The molecule has 3 aliphatic rings. The highest BCUT2D eigenvalue weighted by molar-refractivity contribution is 5.01. The Morgan fingerprint density at radius 2 is 1.94 bits per heavy atom. The van der Waals surface area contributed by atoms with Gasteiger partial charge in [-0.1, -0.05) is 26.2 Å². The van der Waals surface area contributed by atoms with Crippen molar-refractivity contribution < 1.29 is 0 Å². The molecule has 1 aliphatic heterocycles. The highest BCUT2D eigenvalue weighted by atomic mass is 15.3. The number of nitrogens with zero attached hydrogens (tertiary/aromatic N) is 1. The van der Waals surface area contributed by atoms with E-state index in [1.54, 1.807) is 0 Å². The maximum atomic E-state index is 3.81. The minimum Gasteiger partial charge on any atom is -0.311 e. The molecule has 0 bridgehead atoms. The Balaban J connectivity index is 1.70. The van der Waals surface area contributed by atoms with Crippen LogP contribution in [0.15, 0.2) is 0 Å². The largest absolute Gasteiger partial charge is 0.311 e. The van der Waals surface area contributed by atoms with E-state index in [0.717, 1.165) is 12.0 Å². The summed E-state index contributed by atoms with van der Waals surface area (Å²) in [6, 6.07) is 0.751. The lowest BCUT2D eigenvalue weighted by Gasteiger charge is -2.52. The molecule has 0 radical (unpaired) electrons. The second-order valence-corrected chi connectivity index (χ2v) is 6.62. The van der Waals surface area contributed by atoms with Crippen molar-refractivity contribution in [3.05, 3.63) is 0 Å². The molecule has 17 heavy (non-hydrogen) atoms. The van der Waals surface area contributed by atoms with Crippen LogP contribution in [0.5, 0.6) is 0 Å². The smallest absolute Gasteiger partial charge is 0.0334 e. The minimum atomic E-state index is 0.548. The molecule has 2 saturated carbocycles. The molecule has 0 aromatic rings. The SMILES string of the molecule is CCC1CN(CC2CC2)C2(CCCCC2)CN1. The van der Waals surface area contributed by atoms with Gasteiger partial charge in [0.25, 0.3) is 0 Å². The van der Waals surface area contributed by atoms with Gasteiger partial charge in [-0.2, -0.15) is 0 Å². The van der Waals surface area contributed by atoms with Gasteiger partial charge in [-0.05, 0) is 38.0 Å². The van der Waals surface area contributed by atoms with Crippen molar-refractivity contribution in [2.24, 2.45) is 5.92 Å². The van der Waals surface area contributed by atoms with Crippen LogP contribution in [0.1, 0.15) is 58.3 Å². The summed E-state index contributed by atoms with van der Waals surface area (Å²) in [4.78, 5) is 2.90. The molecule has 0 amide bonds. The molecule has 0 aromatic heterocycles. The first-order valence-electron chi connectivity index (χ1n) is 7.81. The van der Waals surface area contributed by atoms with E-state index in [0.29, 0.717) is 5.54 Å². The Bertz CT molecular complexity index is 254. The molecule has 1 heterocycles. The summed E-state index contributed by atoms with van der Waals surface area (Å²) >= 11 is 0. The predicted octanol–water partition coefficient (Wildman–Crippen LogP) is 2.78. The molecule has 0 aromatic carbocycles. The lowest BCUT2D eigenvalue weighted by atomic mass is 9.78. The summed E-state index contributed by atoms with van der Waals surface area (Å²) in [5.74, 6) is 1.05. The molecular formula is C15H28N2. The normalized spacial score (nSPS) is 34.1. The van der Waals surface area contributed by atoms with E-state index in [4.69, 9.17) is 0 Å². The van der Waals surface area contributed by atoms with Crippen molar-refractivity contribution in [2.75, 3.05) is 19.6 Å². The first-order chi connectivity index (χ1) is 8.32. The van der Waals surface area contributed by atoms with Gasteiger partial charge in [0.1, 0.15) is 0 Å². The molecular weight excluding hydrogens is 208 g/mol. The average molecular weight is 236 g/mol. The molecule has 1 N–H and O–H groups in total. The summed E-state index contributed by atoms with van der Waals surface area (Å²) in [5, 5.41) is 3.81. The summed E-state index contributed by atoms with van der Waals surface area (Å²) in [7, 11) is 0. The van der Waals surface area contributed by atoms with Gasteiger partial charge in [0.05, 0.1) is 0 Å². The molecule has 1 spiro atoms. The van der Waals surface area contributed by atoms with E-state index in [1.165, 1.54) is 71.0 Å². The fraction of sp³-hybridized carbons (Fsp3) is 1.00. The van der Waals surface area contributed by atoms with Gasteiger partial charge in [-0.15, -0.1) is 0 Å². The highest BCUT2D eigenvalue weighted by Gasteiger charge is 2.43. The molecule has 1 saturated heterocycles. The first-order valence-corrected chi connectivity index (χ1v) is 7.81. The molecule has 2 heteroatoms. The third-order valence-electron chi connectivity index (χ3n) is 5.28. The van der Waals surface area contributed by atoms with Gasteiger partial charge >= 0.3 is 0 Å². The van der Waals surface area contributed by atoms with E-state index in [9.17, 15) is 0 Å². The van der Waals surface area contributed by atoms with Gasteiger partial charge < -0.3 is 5.32 Å². The zero-order valence-corrected chi connectivity index (χ0v) is 11.4. The zero-order valence-electron chi connectivity index (χ0n) is 11.4. The second-order valence-electron chi connectivity index (χ2n) is 6.62. The molecule has 3 fully saturated rings. The van der Waals surface area contributed by atoms with E-state index < -0.39 is 0 Å². The van der Waals surface area contributed by atoms with Gasteiger partial charge in [0.15, 0.2) is 0 Å². The van der Waals surface area contributed by atoms with Crippen molar-refractivity contribution >= 4 is 0 Å². The third kappa shape index (κ3) is 2.53. The van der Waals surface area contributed by atoms with Crippen molar-refractivity contribution in [3.8, 4) is 0 Å². The summed E-state index contributed by atoms with van der Waals surface area (Å²) in [5.41, 5.74) is 0.548. The van der Waals surface area contributed by atoms with E-state index in [2.05, 4.69) is 17.1 Å². The highest BCUT2D eigenvalue weighted by Crippen LogP contribution is 2.39. The van der Waals surface area contributed by atoms with Crippen molar-refractivity contribution in [2.45, 2.75) is 69.9 Å². The lowest BCUT2D eigenvalue weighted by molar-refractivity contribution is 0.00588. The van der Waals surface area contributed by atoms with Gasteiger partial charge in [0.2, 0.25) is 0 Å². The standard InChI is InChI=1S/C15H28N2/c1-2-14-11-17(10-13-6-7-13)15(12-16-14)8-4-3-5-9-15/h13-14,16H,2-12H2,1H3. The van der Waals surface area contributed by atoms with Crippen LogP contribution in [-0.2, 0) is 0 Å². The van der Waals surface area contributed by atoms with Crippen LogP contribution in [0.4, 0.5) is 0 Å². The fourth-order valence-corrected chi connectivity index (χ4v) is 3.83. The molecule has 2 nitrogen and oxygen atoms in total. The molecule has 98 valence electrons. The number of hydrogen-bond donors (Lipinski definition) is 1. The Labute approximate surface area is 106 Å². The maximum Gasteiger partial charge on any atom is 0.0334 e. The Morgan fingerprint density at radius 1 is 1.18 bits per heavy atom. The van der Waals surface area contributed by atoms with Crippen LogP contribution < -0.4 is 5.32 Å². The Kier molecular flexibility index (Phi) is 3.45. The fourth-order valence-electron chi connectivity index (χ4n) is 3.83. The average Bonchev–Trinajstić information content (AvgIpc) is 3.17. The second kappa shape index (κ2) is 4.89. The van der Waals surface area contributed by atoms with Crippen LogP contribution in [0, 0.1) is 5.92 Å². The van der Waals surface area contributed by atoms with E-state index in [-0.39, 0.29) is 0 Å². The molecule has 1 unspecified atom stereocenters. The van der Waals surface area contributed by atoms with E-state index >= 15 is 0 Å². The predicted molar refractivity (Wildman–Crippen MR) is 72.2 cm³/mol. The lowest BCUT2D eigenvalue weighted by Crippen LogP contribution is -2.65. The number of hydrogen-bond acceptors (Lipinski definition) is 2. The number of rotatable bonds is 3. The van der Waals surface area contributed by atoms with Gasteiger partial charge in [-0.3, -0.25) is 4.90 Å². The van der Waals surface area contributed by atoms with Gasteiger partial charge in [0, 0.05) is 31.2 Å². The number of nitrogens with one attached hydrogen (secondary N) is 1. The van der Waals surface area contributed by atoms with Crippen LogP contribution in [0.3, 0.4) is 0 Å². The Hall–Kier alpha value is -0.0800. The summed E-state index contributed by atoms with van der Waals surface area (Å²) in [6.07, 6.45) is 11.6. The first kappa shape index (κ1) is 12.0. The zero-order chi connectivity index (χ0) is 11.7. The maximum absolute atomic E-state index is 3.81. The molecule has 2 aliphatic carbocycles. The minimum absolute atomic E-state index is 0.548. The van der Waals surface area contributed by atoms with Crippen molar-refractivity contribution in [3.63, 3.8) is 0 Å². The van der Waals surface area contributed by atoms with Crippen LogP contribution in [-0.4, -0.2) is 36.1 Å². The molecule has 1 atom stereocenters. The van der Waals surface area contributed by atoms with Crippen molar-refractivity contribution in [1.29, 1.82) is 0 Å². The van der Waals surface area contributed by atoms with Crippen LogP contribution in [0.2, 0.25) is 0 Å². The monoisotopic (exact) mass is 236 g/mol. The van der Waals surface area contributed by atoms with Crippen LogP contribution in [0.25, 0.3) is 0 Å². The van der Waals surface area contributed by atoms with E-state index in [1.807, 2.05) is 0 Å².